The monoisotopic (exact) mass is 343 g/mol. The lowest BCUT2D eigenvalue weighted by molar-refractivity contribution is 0.173. The fourth-order valence-electron chi connectivity index (χ4n) is 3.45. The van der Waals surface area contributed by atoms with E-state index in [0.717, 1.165) is 36.8 Å². The third kappa shape index (κ3) is 3.35. The van der Waals surface area contributed by atoms with Crippen molar-refractivity contribution in [2.75, 3.05) is 26.5 Å². The van der Waals surface area contributed by atoms with Gasteiger partial charge in [0, 0.05) is 18.5 Å². The van der Waals surface area contributed by atoms with Crippen molar-refractivity contribution in [2.24, 2.45) is 5.92 Å². The molecule has 0 radical (unpaired) electrons. The molecule has 0 saturated carbocycles. The van der Waals surface area contributed by atoms with Crippen LogP contribution in [0.3, 0.4) is 0 Å². The molecule has 2 aromatic carbocycles. The molecular formula is C19H22NO3P. The highest BCUT2D eigenvalue weighted by Crippen LogP contribution is 2.36. The fourth-order valence-corrected chi connectivity index (χ4v) is 3.64. The Balaban J connectivity index is 1.44. The topological polar surface area (TPSA) is 39.7 Å². The lowest BCUT2D eigenvalue weighted by Crippen LogP contribution is -2.38. The van der Waals surface area contributed by atoms with E-state index in [1.165, 1.54) is 10.9 Å². The van der Waals surface area contributed by atoms with E-state index >= 15 is 0 Å². The molecule has 0 bridgehead atoms. The van der Waals surface area contributed by atoms with E-state index in [9.17, 15) is 0 Å². The van der Waals surface area contributed by atoms with E-state index in [0.29, 0.717) is 25.2 Å². The van der Waals surface area contributed by atoms with E-state index in [-0.39, 0.29) is 0 Å². The fraction of sp³-hybridized carbons (Fsp3) is 0.368. The summed E-state index contributed by atoms with van der Waals surface area (Å²) in [6, 6.07) is 14.6. The minimum absolute atomic E-state index is 0.291. The largest absolute Gasteiger partial charge is 0.493 e. The second kappa shape index (κ2) is 7.00. The van der Waals surface area contributed by atoms with Crippen LogP contribution in [0.4, 0.5) is 0 Å². The van der Waals surface area contributed by atoms with Crippen molar-refractivity contribution in [3.05, 3.63) is 48.0 Å². The van der Waals surface area contributed by atoms with Crippen LogP contribution in [0.25, 0.3) is 0 Å². The molecule has 2 aromatic rings. The SMILES string of the molecule is Pc1ccc(C2CCNCC2COc2ccc3c(c2)OCO3)cc1. The third-order valence-corrected chi connectivity index (χ3v) is 5.17. The third-order valence-electron chi connectivity index (χ3n) is 4.78. The van der Waals surface area contributed by atoms with Gasteiger partial charge >= 0.3 is 0 Å². The average molecular weight is 343 g/mol. The first kappa shape index (κ1) is 15.7. The maximum absolute atomic E-state index is 6.07. The molecule has 5 heteroatoms. The predicted octanol–water partition coefficient (Wildman–Crippen LogP) is 2.69. The van der Waals surface area contributed by atoms with Gasteiger partial charge in [0.1, 0.15) is 5.75 Å². The lowest BCUT2D eigenvalue weighted by atomic mass is 9.81. The van der Waals surface area contributed by atoms with Gasteiger partial charge in [-0.2, -0.15) is 0 Å². The molecule has 0 aliphatic carbocycles. The number of piperidine rings is 1. The highest BCUT2D eigenvalue weighted by atomic mass is 31.0. The molecule has 2 aliphatic rings. The van der Waals surface area contributed by atoms with Crippen molar-refractivity contribution in [2.45, 2.75) is 12.3 Å². The number of fused-ring (bicyclic) bond motifs is 1. The van der Waals surface area contributed by atoms with Gasteiger partial charge in [-0.15, -0.1) is 9.24 Å². The Morgan fingerprint density at radius 3 is 2.79 bits per heavy atom. The lowest BCUT2D eigenvalue weighted by Gasteiger charge is -2.32. The first-order valence-corrected chi connectivity index (χ1v) is 8.96. The maximum Gasteiger partial charge on any atom is 0.231 e. The van der Waals surface area contributed by atoms with Crippen LogP contribution in [-0.4, -0.2) is 26.5 Å². The van der Waals surface area contributed by atoms with Gasteiger partial charge in [0.25, 0.3) is 0 Å². The van der Waals surface area contributed by atoms with Crippen molar-refractivity contribution in [3.8, 4) is 17.2 Å². The number of hydrogen-bond donors (Lipinski definition) is 1. The Kier molecular flexibility index (Phi) is 4.59. The van der Waals surface area contributed by atoms with E-state index in [2.05, 4.69) is 38.8 Å². The molecule has 1 fully saturated rings. The van der Waals surface area contributed by atoms with Gasteiger partial charge in [-0.05, 0) is 41.9 Å². The minimum Gasteiger partial charge on any atom is -0.493 e. The van der Waals surface area contributed by atoms with Gasteiger partial charge in [0.2, 0.25) is 6.79 Å². The highest BCUT2D eigenvalue weighted by molar-refractivity contribution is 7.27. The van der Waals surface area contributed by atoms with Crippen molar-refractivity contribution >= 4 is 14.5 Å². The summed E-state index contributed by atoms with van der Waals surface area (Å²) >= 11 is 0. The summed E-state index contributed by atoms with van der Waals surface area (Å²) in [5, 5.41) is 4.72. The normalized spacial score (nSPS) is 22.4. The van der Waals surface area contributed by atoms with Crippen molar-refractivity contribution in [1.82, 2.24) is 5.32 Å². The zero-order valence-corrected chi connectivity index (χ0v) is 14.7. The second-order valence-electron chi connectivity index (χ2n) is 6.35. The molecule has 2 heterocycles. The van der Waals surface area contributed by atoms with Gasteiger partial charge in [0.05, 0.1) is 6.61 Å². The molecule has 4 nitrogen and oxygen atoms in total. The predicted molar refractivity (Wildman–Crippen MR) is 97.6 cm³/mol. The molecule has 3 atom stereocenters. The zero-order chi connectivity index (χ0) is 16.4. The Morgan fingerprint density at radius 2 is 1.92 bits per heavy atom. The van der Waals surface area contributed by atoms with Crippen molar-refractivity contribution in [1.29, 1.82) is 0 Å². The average Bonchev–Trinajstić information content (AvgIpc) is 3.09. The summed E-state index contributed by atoms with van der Waals surface area (Å²) in [5.41, 5.74) is 1.40. The van der Waals surface area contributed by atoms with Crippen molar-refractivity contribution in [3.63, 3.8) is 0 Å². The molecule has 2 aliphatic heterocycles. The first-order chi connectivity index (χ1) is 11.8. The molecule has 1 N–H and O–H groups in total. The summed E-state index contributed by atoms with van der Waals surface area (Å²) in [4.78, 5) is 0. The number of ether oxygens (including phenoxy) is 3. The molecule has 0 spiro atoms. The van der Waals surface area contributed by atoms with Crippen LogP contribution in [-0.2, 0) is 0 Å². The molecule has 126 valence electrons. The van der Waals surface area contributed by atoms with E-state index in [1.54, 1.807) is 0 Å². The van der Waals surface area contributed by atoms with Crippen LogP contribution in [0, 0.1) is 5.92 Å². The number of rotatable bonds is 4. The Hall–Kier alpha value is -1.77. The van der Waals surface area contributed by atoms with Crippen LogP contribution in [0.15, 0.2) is 42.5 Å². The van der Waals surface area contributed by atoms with Crippen molar-refractivity contribution < 1.29 is 14.2 Å². The molecule has 4 rings (SSSR count). The summed E-state index contributed by atoms with van der Waals surface area (Å²) in [6.07, 6.45) is 1.14. The van der Waals surface area contributed by atoms with Gasteiger partial charge in [-0.25, -0.2) is 0 Å². The first-order valence-electron chi connectivity index (χ1n) is 8.38. The van der Waals surface area contributed by atoms with Gasteiger partial charge in [-0.3, -0.25) is 0 Å². The van der Waals surface area contributed by atoms with Gasteiger partial charge in [0.15, 0.2) is 11.5 Å². The van der Waals surface area contributed by atoms with Crippen LogP contribution < -0.4 is 24.8 Å². The van der Waals surface area contributed by atoms with Gasteiger partial charge < -0.3 is 19.5 Å². The molecule has 0 aromatic heterocycles. The number of hydrogen-bond acceptors (Lipinski definition) is 4. The molecular weight excluding hydrogens is 321 g/mol. The Morgan fingerprint density at radius 1 is 1.08 bits per heavy atom. The van der Waals surface area contributed by atoms with Crippen LogP contribution in [0.2, 0.25) is 0 Å². The minimum atomic E-state index is 0.291. The Labute approximate surface area is 144 Å². The summed E-state index contributed by atoms with van der Waals surface area (Å²) < 4.78 is 16.8. The second-order valence-corrected chi connectivity index (χ2v) is 7.02. The summed E-state index contributed by atoms with van der Waals surface area (Å²) in [6.45, 7) is 3.03. The van der Waals surface area contributed by atoms with Crippen LogP contribution in [0.5, 0.6) is 17.2 Å². The molecule has 0 amide bonds. The molecule has 3 unspecified atom stereocenters. The Bertz CT molecular complexity index is 704. The number of nitrogens with one attached hydrogen (secondary N) is 1. The van der Waals surface area contributed by atoms with E-state index in [1.807, 2.05) is 18.2 Å². The number of benzene rings is 2. The standard InChI is InChI=1S/C19H22NO3P/c24-16-4-1-13(2-5-16)17-7-8-20-10-14(17)11-21-15-3-6-18-19(9-15)23-12-22-18/h1-6,9,14,17,20H,7-8,10-12,24H2. The van der Waals surface area contributed by atoms with Crippen LogP contribution >= 0.6 is 9.24 Å². The van der Waals surface area contributed by atoms with Crippen LogP contribution in [0.1, 0.15) is 17.9 Å². The molecule has 24 heavy (non-hydrogen) atoms. The van der Waals surface area contributed by atoms with E-state index in [4.69, 9.17) is 14.2 Å². The van der Waals surface area contributed by atoms with E-state index < -0.39 is 0 Å². The van der Waals surface area contributed by atoms with Gasteiger partial charge in [-0.1, -0.05) is 24.3 Å². The highest BCUT2D eigenvalue weighted by Gasteiger charge is 2.27. The molecule has 1 saturated heterocycles. The zero-order valence-electron chi connectivity index (χ0n) is 13.5. The summed E-state index contributed by atoms with van der Waals surface area (Å²) in [5.74, 6) is 3.38. The maximum atomic E-state index is 6.07. The smallest absolute Gasteiger partial charge is 0.231 e. The summed E-state index contributed by atoms with van der Waals surface area (Å²) in [7, 11) is 2.74. The quantitative estimate of drug-likeness (QED) is 0.867.